The fourth-order valence-corrected chi connectivity index (χ4v) is 4.42. The van der Waals surface area contributed by atoms with Crippen LogP contribution in [0.25, 0.3) is 43.4 Å². The minimum absolute atomic E-state index is 0.256. The number of hydrogen-bond donors (Lipinski definition) is 0. The topological polar surface area (TPSA) is 43.4 Å². The second-order valence-electron chi connectivity index (χ2n) is 7.37. The third-order valence-electron chi connectivity index (χ3n) is 5.40. The molecule has 5 aromatic rings. The Hall–Kier alpha value is -3.58. The first-order valence-electron chi connectivity index (χ1n) is 9.69. The zero-order valence-electron chi connectivity index (χ0n) is 16.4. The summed E-state index contributed by atoms with van der Waals surface area (Å²) in [5, 5.41) is 5.86. The number of hydrogen-bond acceptors (Lipinski definition) is 3. The molecule has 0 saturated carbocycles. The molecule has 3 nitrogen and oxygen atoms in total. The van der Waals surface area contributed by atoms with Crippen LogP contribution in [0, 0.1) is 0 Å². The quantitative estimate of drug-likeness (QED) is 0.128. The summed E-state index contributed by atoms with van der Waals surface area (Å²) in [5.41, 5.74) is -4.69. The van der Waals surface area contributed by atoms with Crippen LogP contribution in [0.1, 0.15) is 0 Å². The fourth-order valence-electron chi connectivity index (χ4n) is 3.94. The predicted molar refractivity (Wildman–Crippen MR) is 120 cm³/mol. The number of para-hydroxylation sites is 1. The lowest BCUT2D eigenvalue weighted by Crippen LogP contribution is -2.28. The van der Waals surface area contributed by atoms with Gasteiger partial charge in [-0.25, -0.2) is 0 Å². The summed E-state index contributed by atoms with van der Waals surface area (Å²) >= 11 is 0. The molecule has 0 aliphatic heterocycles. The van der Waals surface area contributed by atoms with Crippen molar-refractivity contribution >= 4 is 42.4 Å². The van der Waals surface area contributed by atoms with Gasteiger partial charge in [0, 0.05) is 5.56 Å². The Kier molecular flexibility index (Phi) is 4.60. The maximum atomic E-state index is 12.9. The average molecular weight is 452 g/mol. The molecular formula is C25H15F3O3S. The molecule has 0 aliphatic rings. The second kappa shape index (κ2) is 7.24. The van der Waals surface area contributed by atoms with Crippen LogP contribution in [0.2, 0.25) is 0 Å². The highest BCUT2D eigenvalue weighted by Crippen LogP contribution is 2.39. The van der Waals surface area contributed by atoms with Gasteiger partial charge in [0.05, 0.1) is 0 Å². The molecule has 0 fully saturated rings. The van der Waals surface area contributed by atoms with Gasteiger partial charge in [0.25, 0.3) is 0 Å². The average Bonchev–Trinajstić information content (AvgIpc) is 2.76. The molecule has 0 atom stereocenters. The Morgan fingerprint density at radius 2 is 1.25 bits per heavy atom. The predicted octanol–water partition coefficient (Wildman–Crippen LogP) is 7.04. The molecule has 5 aromatic carbocycles. The van der Waals surface area contributed by atoms with E-state index < -0.39 is 15.6 Å². The first-order chi connectivity index (χ1) is 15.2. The summed E-state index contributed by atoms with van der Waals surface area (Å²) in [7, 11) is -5.79. The minimum Gasteiger partial charge on any atom is -0.375 e. The first-order valence-corrected chi connectivity index (χ1v) is 11.1. The van der Waals surface area contributed by atoms with Crippen molar-refractivity contribution in [3.63, 3.8) is 0 Å². The van der Waals surface area contributed by atoms with Gasteiger partial charge in [-0.3, -0.25) is 0 Å². The van der Waals surface area contributed by atoms with Gasteiger partial charge in [0.15, 0.2) is 5.75 Å². The largest absolute Gasteiger partial charge is 0.534 e. The van der Waals surface area contributed by atoms with Crippen molar-refractivity contribution in [3.8, 4) is 16.9 Å². The van der Waals surface area contributed by atoms with Crippen LogP contribution in [0.4, 0.5) is 13.2 Å². The monoisotopic (exact) mass is 452 g/mol. The first kappa shape index (κ1) is 20.3. The van der Waals surface area contributed by atoms with Crippen LogP contribution < -0.4 is 4.18 Å². The van der Waals surface area contributed by atoms with E-state index >= 15 is 0 Å². The van der Waals surface area contributed by atoms with Gasteiger partial charge in [-0.05, 0) is 56.1 Å². The Morgan fingerprint density at radius 1 is 0.594 bits per heavy atom. The molecule has 0 saturated heterocycles. The Morgan fingerprint density at radius 3 is 2.00 bits per heavy atom. The standard InChI is InChI=1S/C25H15F3O3S/c26-25(27,28)32(29,30)31-24-11-4-3-8-22(24)19-9-5-10-20-21(19)13-12-18-14-16-6-1-2-7-17(16)15-23(18)20/h1-15H. The maximum absolute atomic E-state index is 12.9. The SMILES string of the molecule is O=S(=O)(Oc1ccccc1-c1cccc2c1ccc1cc3ccccc3cc12)C(F)(F)F. The van der Waals surface area contributed by atoms with E-state index in [1.54, 1.807) is 24.3 Å². The van der Waals surface area contributed by atoms with Crippen LogP contribution in [0.5, 0.6) is 5.75 Å². The smallest absolute Gasteiger partial charge is 0.375 e. The molecule has 0 N–H and O–H groups in total. The van der Waals surface area contributed by atoms with Crippen LogP contribution in [-0.4, -0.2) is 13.9 Å². The van der Waals surface area contributed by atoms with Crippen LogP contribution in [-0.2, 0) is 10.1 Å². The molecule has 0 radical (unpaired) electrons. The number of fused-ring (bicyclic) bond motifs is 4. The van der Waals surface area contributed by atoms with Gasteiger partial charge in [0.2, 0.25) is 0 Å². The summed E-state index contributed by atoms with van der Waals surface area (Å²) < 4.78 is 66.4. The summed E-state index contributed by atoms with van der Waals surface area (Å²) in [6.45, 7) is 0. The lowest BCUT2D eigenvalue weighted by molar-refractivity contribution is -0.0499. The van der Waals surface area contributed by atoms with Crippen molar-refractivity contribution in [3.05, 3.63) is 91.0 Å². The van der Waals surface area contributed by atoms with Crippen molar-refractivity contribution in [1.29, 1.82) is 0 Å². The molecule has 0 aliphatic carbocycles. The Bertz CT molecular complexity index is 1610. The Balaban J connectivity index is 1.74. The highest BCUT2D eigenvalue weighted by Gasteiger charge is 2.48. The Labute approximate surface area is 181 Å². The van der Waals surface area contributed by atoms with Gasteiger partial charge in [0.1, 0.15) is 0 Å². The lowest BCUT2D eigenvalue weighted by atomic mass is 9.93. The number of halogens is 3. The van der Waals surface area contributed by atoms with E-state index in [0.29, 0.717) is 5.56 Å². The molecule has 0 bridgehead atoms. The van der Waals surface area contributed by atoms with E-state index in [-0.39, 0.29) is 11.3 Å². The molecule has 7 heteroatoms. The molecule has 5 rings (SSSR count). The molecule has 0 heterocycles. The van der Waals surface area contributed by atoms with E-state index in [4.69, 9.17) is 0 Å². The fraction of sp³-hybridized carbons (Fsp3) is 0.0400. The van der Waals surface area contributed by atoms with Gasteiger partial charge in [-0.2, -0.15) is 21.6 Å². The molecule has 0 aromatic heterocycles. The second-order valence-corrected chi connectivity index (χ2v) is 8.90. The summed E-state index contributed by atoms with van der Waals surface area (Å²) in [4.78, 5) is 0. The van der Waals surface area contributed by atoms with Gasteiger partial charge in [-0.15, -0.1) is 0 Å². The van der Waals surface area contributed by atoms with E-state index in [9.17, 15) is 21.6 Å². The van der Waals surface area contributed by atoms with Crippen molar-refractivity contribution in [2.45, 2.75) is 5.51 Å². The molecule has 0 unspecified atom stereocenters. The summed E-state index contributed by atoms with van der Waals surface area (Å²) in [6, 6.07) is 27.2. The molecule has 32 heavy (non-hydrogen) atoms. The highest BCUT2D eigenvalue weighted by atomic mass is 32.2. The molecule has 0 amide bonds. The highest BCUT2D eigenvalue weighted by molar-refractivity contribution is 7.88. The van der Waals surface area contributed by atoms with Gasteiger partial charge in [-0.1, -0.05) is 72.8 Å². The van der Waals surface area contributed by atoms with Crippen molar-refractivity contribution in [2.24, 2.45) is 0 Å². The van der Waals surface area contributed by atoms with Crippen LogP contribution in [0.3, 0.4) is 0 Å². The minimum atomic E-state index is -5.79. The van der Waals surface area contributed by atoms with E-state index in [1.165, 1.54) is 12.1 Å². The third-order valence-corrected chi connectivity index (χ3v) is 6.37. The van der Waals surface area contributed by atoms with Crippen LogP contribution in [0.15, 0.2) is 91.0 Å². The van der Waals surface area contributed by atoms with E-state index in [2.05, 4.69) is 16.3 Å². The maximum Gasteiger partial charge on any atom is 0.534 e. The van der Waals surface area contributed by atoms with Gasteiger partial charge < -0.3 is 4.18 Å². The zero-order valence-corrected chi connectivity index (χ0v) is 17.2. The van der Waals surface area contributed by atoms with Crippen molar-refractivity contribution < 1.29 is 25.8 Å². The molecule has 160 valence electrons. The lowest BCUT2D eigenvalue weighted by Gasteiger charge is -2.15. The van der Waals surface area contributed by atoms with Crippen molar-refractivity contribution in [2.75, 3.05) is 0 Å². The number of alkyl halides is 3. The number of benzene rings is 5. The van der Waals surface area contributed by atoms with Crippen molar-refractivity contribution in [1.82, 2.24) is 0 Å². The molecular weight excluding hydrogens is 437 g/mol. The normalized spacial score (nSPS) is 12.5. The van der Waals surface area contributed by atoms with Gasteiger partial charge >= 0.3 is 15.6 Å². The number of rotatable bonds is 3. The zero-order chi connectivity index (χ0) is 22.5. The third kappa shape index (κ3) is 3.35. The van der Waals surface area contributed by atoms with E-state index in [0.717, 1.165) is 32.3 Å². The summed E-state index contributed by atoms with van der Waals surface area (Å²) in [5.74, 6) is -0.379. The molecule has 0 spiro atoms. The van der Waals surface area contributed by atoms with Crippen LogP contribution >= 0.6 is 0 Å². The van der Waals surface area contributed by atoms with E-state index in [1.807, 2.05) is 42.5 Å². The summed E-state index contributed by atoms with van der Waals surface area (Å²) in [6.07, 6.45) is 0.